The molecule has 1 fully saturated rings. The second-order valence-electron chi connectivity index (χ2n) is 11.0. The van der Waals surface area contributed by atoms with Crippen molar-refractivity contribution in [2.45, 2.75) is 49.6 Å². The zero-order chi connectivity index (χ0) is 32.4. The highest BCUT2D eigenvalue weighted by atomic mass is 16.6. The Balaban J connectivity index is 1.62. The van der Waals surface area contributed by atoms with Crippen LogP contribution in [0.2, 0.25) is 0 Å². The summed E-state index contributed by atoms with van der Waals surface area (Å²) >= 11 is 0. The SMILES string of the molecule is COc1ccc(C(OC[C@H]2O[C@@H](n3cc(C)c(=O)[nH]c3=O)[C@@](O)(C(C)OC)[C@@H]2O)(c2ccccc2)c2ccc(OC)cc2)cc1. The molecule has 11 heteroatoms. The maximum atomic E-state index is 12.9. The Morgan fingerprint density at radius 3 is 1.96 bits per heavy atom. The Morgan fingerprint density at radius 2 is 1.44 bits per heavy atom. The summed E-state index contributed by atoms with van der Waals surface area (Å²) in [6.07, 6.45) is -3.79. The van der Waals surface area contributed by atoms with Gasteiger partial charge in [-0.25, -0.2) is 4.79 Å². The third-order valence-corrected chi connectivity index (χ3v) is 8.57. The molecule has 0 aliphatic carbocycles. The molecule has 4 aromatic rings. The molecule has 5 atom stereocenters. The molecule has 1 saturated heterocycles. The Morgan fingerprint density at radius 1 is 0.911 bits per heavy atom. The highest BCUT2D eigenvalue weighted by Gasteiger charge is 2.60. The molecule has 11 nitrogen and oxygen atoms in total. The summed E-state index contributed by atoms with van der Waals surface area (Å²) in [7, 11) is 4.56. The Hall–Kier alpha value is -4.26. The number of benzene rings is 3. The van der Waals surface area contributed by atoms with Crippen molar-refractivity contribution in [1.82, 2.24) is 9.55 Å². The third-order valence-electron chi connectivity index (χ3n) is 8.57. The fourth-order valence-electron chi connectivity index (χ4n) is 5.88. The molecule has 1 aliphatic heterocycles. The lowest BCUT2D eigenvalue weighted by atomic mass is 9.80. The standard InChI is InChI=1S/C34H38N2O9/c1-21-19-36(32(39)35-30(21)38)31-33(40,22(2)41-3)29(37)28(45-31)20-44-34(23-9-7-6-8-10-23,24-11-15-26(42-4)16-12-24)25-13-17-27(43-5)18-14-25/h6-19,22,28-29,31,37,40H,20H2,1-5H3,(H,35,38,39)/t22?,28-,29-,31-,33-/m1/s1. The van der Waals surface area contributed by atoms with Crippen molar-refractivity contribution in [2.24, 2.45) is 0 Å². The van der Waals surface area contributed by atoms with Crippen LogP contribution in [-0.2, 0) is 19.8 Å². The van der Waals surface area contributed by atoms with Crippen molar-refractivity contribution >= 4 is 0 Å². The number of hydrogen-bond acceptors (Lipinski definition) is 9. The summed E-state index contributed by atoms with van der Waals surface area (Å²) in [5.74, 6) is 1.32. The molecule has 0 bridgehead atoms. The number of aliphatic hydroxyl groups excluding tert-OH is 1. The molecule has 1 aromatic heterocycles. The van der Waals surface area contributed by atoms with Gasteiger partial charge in [0.25, 0.3) is 5.56 Å². The second-order valence-corrected chi connectivity index (χ2v) is 11.0. The van der Waals surface area contributed by atoms with E-state index in [2.05, 4.69) is 4.98 Å². The van der Waals surface area contributed by atoms with Crippen molar-refractivity contribution in [3.8, 4) is 11.5 Å². The molecule has 0 amide bonds. The van der Waals surface area contributed by atoms with Gasteiger partial charge in [-0.1, -0.05) is 54.6 Å². The molecule has 2 heterocycles. The molecule has 0 radical (unpaired) electrons. The number of aliphatic hydroxyl groups is 2. The summed E-state index contributed by atoms with van der Waals surface area (Å²) in [4.78, 5) is 27.2. The van der Waals surface area contributed by atoms with Crippen LogP contribution in [0.25, 0.3) is 0 Å². The third kappa shape index (κ3) is 5.69. The van der Waals surface area contributed by atoms with Crippen LogP contribution in [-0.4, -0.2) is 71.6 Å². The minimum absolute atomic E-state index is 0.222. The maximum Gasteiger partial charge on any atom is 0.330 e. The molecule has 5 rings (SSSR count). The van der Waals surface area contributed by atoms with E-state index in [9.17, 15) is 19.8 Å². The molecule has 0 spiro atoms. The maximum absolute atomic E-state index is 12.9. The molecule has 3 N–H and O–H groups in total. The lowest BCUT2D eigenvalue weighted by Gasteiger charge is -2.37. The van der Waals surface area contributed by atoms with Gasteiger partial charge >= 0.3 is 5.69 Å². The number of aromatic nitrogens is 2. The van der Waals surface area contributed by atoms with Gasteiger partial charge in [-0.05, 0) is 54.8 Å². The summed E-state index contributed by atoms with van der Waals surface area (Å²) < 4.78 is 30.5. The van der Waals surface area contributed by atoms with Gasteiger partial charge in [-0.15, -0.1) is 0 Å². The summed E-state index contributed by atoms with van der Waals surface area (Å²) in [5.41, 5.74) is -2.15. The Labute approximate surface area is 260 Å². The van der Waals surface area contributed by atoms with E-state index < -0.39 is 47.0 Å². The Bertz CT molecular complexity index is 1660. The van der Waals surface area contributed by atoms with E-state index >= 15 is 0 Å². The minimum Gasteiger partial charge on any atom is -0.497 e. The van der Waals surface area contributed by atoms with Crippen LogP contribution in [0.3, 0.4) is 0 Å². The molecule has 238 valence electrons. The van der Waals surface area contributed by atoms with Gasteiger partial charge in [-0.2, -0.15) is 0 Å². The lowest BCUT2D eigenvalue weighted by Crippen LogP contribution is -2.56. The topological polar surface area (TPSA) is 141 Å². The van der Waals surface area contributed by atoms with Crippen molar-refractivity contribution in [2.75, 3.05) is 27.9 Å². The predicted molar refractivity (Wildman–Crippen MR) is 166 cm³/mol. The van der Waals surface area contributed by atoms with E-state index in [-0.39, 0.29) is 12.2 Å². The van der Waals surface area contributed by atoms with Gasteiger partial charge in [0.2, 0.25) is 0 Å². The fraction of sp³-hybridized carbons (Fsp3) is 0.353. The van der Waals surface area contributed by atoms with E-state index in [0.717, 1.165) is 21.3 Å². The summed E-state index contributed by atoms with van der Waals surface area (Å²) in [6, 6.07) is 24.5. The number of nitrogens with zero attached hydrogens (tertiary/aromatic N) is 1. The quantitative estimate of drug-likeness (QED) is 0.216. The second kappa shape index (κ2) is 13.0. The van der Waals surface area contributed by atoms with E-state index in [1.54, 1.807) is 21.1 Å². The van der Waals surface area contributed by atoms with Crippen molar-refractivity contribution in [3.63, 3.8) is 0 Å². The average Bonchev–Trinajstić information content (AvgIpc) is 3.33. The van der Waals surface area contributed by atoms with E-state index in [1.807, 2.05) is 78.9 Å². The first-order valence-corrected chi connectivity index (χ1v) is 14.5. The molecular formula is C34H38N2O9. The zero-order valence-electron chi connectivity index (χ0n) is 25.8. The monoisotopic (exact) mass is 618 g/mol. The highest BCUT2D eigenvalue weighted by Crippen LogP contribution is 2.45. The largest absolute Gasteiger partial charge is 0.497 e. The lowest BCUT2D eigenvalue weighted by molar-refractivity contribution is -0.175. The molecule has 45 heavy (non-hydrogen) atoms. The normalized spacial score (nSPS) is 22.2. The number of methoxy groups -OCH3 is 3. The Kier molecular flexibility index (Phi) is 9.28. The smallest absolute Gasteiger partial charge is 0.330 e. The number of nitrogens with one attached hydrogen (secondary N) is 1. The highest BCUT2D eigenvalue weighted by molar-refractivity contribution is 5.49. The molecular weight excluding hydrogens is 580 g/mol. The first-order chi connectivity index (χ1) is 21.6. The number of H-pyrrole nitrogens is 1. The van der Waals surface area contributed by atoms with Gasteiger partial charge in [0.15, 0.2) is 11.8 Å². The number of rotatable bonds is 11. The molecule has 1 aliphatic rings. The van der Waals surface area contributed by atoms with E-state index in [1.165, 1.54) is 20.2 Å². The van der Waals surface area contributed by atoms with Gasteiger partial charge in [0.1, 0.15) is 29.3 Å². The van der Waals surface area contributed by atoms with Crippen molar-refractivity contribution in [3.05, 3.63) is 128 Å². The fourth-order valence-corrected chi connectivity index (χ4v) is 5.88. The molecule has 3 aromatic carbocycles. The van der Waals surface area contributed by atoms with Crippen molar-refractivity contribution in [1.29, 1.82) is 0 Å². The van der Waals surface area contributed by atoms with Gasteiger partial charge < -0.3 is 33.9 Å². The van der Waals surface area contributed by atoms with Gasteiger partial charge in [0, 0.05) is 18.9 Å². The van der Waals surface area contributed by atoms with Crippen LogP contribution in [0.5, 0.6) is 11.5 Å². The van der Waals surface area contributed by atoms with Gasteiger partial charge in [0.05, 0.1) is 26.9 Å². The number of aryl methyl sites for hydroxylation is 1. The first kappa shape index (κ1) is 32.1. The van der Waals surface area contributed by atoms with Crippen LogP contribution in [0.4, 0.5) is 0 Å². The number of ether oxygens (including phenoxy) is 5. The summed E-state index contributed by atoms with van der Waals surface area (Å²) in [5, 5.41) is 23.6. The van der Waals surface area contributed by atoms with Crippen LogP contribution in [0, 0.1) is 6.92 Å². The molecule has 0 saturated carbocycles. The van der Waals surface area contributed by atoms with E-state index in [4.69, 9.17) is 23.7 Å². The van der Waals surface area contributed by atoms with Crippen LogP contribution < -0.4 is 20.7 Å². The van der Waals surface area contributed by atoms with Crippen LogP contribution in [0.1, 0.15) is 35.4 Å². The average molecular weight is 619 g/mol. The van der Waals surface area contributed by atoms with Crippen LogP contribution in [0.15, 0.2) is 94.6 Å². The van der Waals surface area contributed by atoms with E-state index in [0.29, 0.717) is 11.5 Å². The predicted octanol–water partition coefficient (Wildman–Crippen LogP) is 2.90. The van der Waals surface area contributed by atoms with Crippen LogP contribution >= 0.6 is 0 Å². The zero-order valence-corrected chi connectivity index (χ0v) is 25.8. The van der Waals surface area contributed by atoms with Gasteiger partial charge in [-0.3, -0.25) is 14.3 Å². The van der Waals surface area contributed by atoms with Crippen molar-refractivity contribution < 1.29 is 33.9 Å². The summed E-state index contributed by atoms with van der Waals surface area (Å²) in [6.45, 7) is 2.87. The minimum atomic E-state index is -2.09. The number of hydrogen-bond donors (Lipinski definition) is 3. The number of aromatic amines is 1. The molecule has 1 unspecified atom stereocenters. The first-order valence-electron chi connectivity index (χ1n) is 14.5.